The molecule has 0 rings (SSSR count). The van der Waals surface area contributed by atoms with Gasteiger partial charge in [-0.3, -0.25) is 0 Å². The lowest BCUT2D eigenvalue weighted by Gasteiger charge is -2.05. The summed E-state index contributed by atoms with van der Waals surface area (Å²) in [7, 11) is 0. The van der Waals surface area contributed by atoms with Gasteiger partial charge in [0.1, 0.15) is 0 Å². The lowest BCUT2D eigenvalue weighted by molar-refractivity contribution is 0.650. The van der Waals surface area contributed by atoms with Gasteiger partial charge in [0, 0.05) is 6.04 Å². The van der Waals surface area contributed by atoms with E-state index in [4.69, 9.17) is 0 Å². The Balaban J connectivity index is 3.20. The average Bonchev–Trinajstić information content (AvgIpc) is 2.11. The van der Waals surface area contributed by atoms with Crippen LogP contribution in [0.3, 0.4) is 0 Å². The summed E-state index contributed by atoms with van der Waals surface area (Å²) in [5.74, 6) is 0. The Morgan fingerprint density at radius 1 is 1.15 bits per heavy atom. The van der Waals surface area contributed by atoms with Crippen LogP contribution in [0, 0.1) is 0 Å². The molecule has 0 heterocycles. The summed E-state index contributed by atoms with van der Waals surface area (Å²) in [4.78, 5) is 0. The first kappa shape index (κ1) is 12.7. The first-order valence-electron chi connectivity index (χ1n) is 5.71. The smallest absolute Gasteiger partial charge is 0.0221 e. The minimum Gasteiger partial charge on any atom is -0.311 e. The second-order valence-electron chi connectivity index (χ2n) is 3.62. The number of likely N-dealkylation sites (N-methyl/N-ethyl adjacent to an activating group) is 1. The number of hydrogen-bond donors (Lipinski definition) is 1. The van der Waals surface area contributed by atoms with Gasteiger partial charge in [-0.25, -0.2) is 0 Å². The fraction of sp³-hybridized carbons (Fsp3) is 0.833. The Morgan fingerprint density at radius 3 is 2.54 bits per heavy atom. The maximum atomic E-state index is 3.36. The molecular weight excluding hydrogens is 158 g/mol. The highest BCUT2D eigenvalue weighted by atomic mass is 14.9. The summed E-state index contributed by atoms with van der Waals surface area (Å²) >= 11 is 0. The van der Waals surface area contributed by atoms with Crippen LogP contribution in [0.2, 0.25) is 0 Å². The molecule has 0 bridgehead atoms. The van der Waals surface area contributed by atoms with E-state index >= 15 is 0 Å². The molecule has 0 radical (unpaired) electrons. The summed E-state index contributed by atoms with van der Waals surface area (Å²) < 4.78 is 0. The van der Waals surface area contributed by atoms with E-state index in [2.05, 4.69) is 38.2 Å². The van der Waals surface area contributed by atoms with Crippen LogP contribution in [0.5, 0.6) is 0 Å². The third-order valence-electron chi connectivity index (χ3n) is 2.18. The zero-order valence-corrected chi connectivity index (χ0v) is 9.47. The van der Waals surface area contributed by atoms with Gasteiger partial charge >= 0.3 is 0 Å². The first-order chi connectivity index (χ1) is 6.31. The molecule has 1 N–H and O–H groups in total. The van der Waals surface area contributed by atoms with E-state index in [9.17, 15) is 0 Å². The van der Waals surface area contributed by atoms with Crippen molar-refractivity contribution < 1.29 is 0 Å². The van der Waals surface area contributed by atoms with Crippen molar-refractivity contribution in [3.63, 3.8) is 0 Å². The summed E-state index contributed by atoms with van der Waals surface area (Å²) in [5.41, 5.74) is 0. The molecule has 1 atom stereocenters. The van der Waals surface area contributed by atoms with Crippen LogP contribution in [-0.2, 0) is 0 Å². The number of nitrogens with one attached hydrogen (secondary N) is 1. The molecule has 0 aromatic rings. The van der Waals surface area contributed by atoms with Crippen molar-refractivity contribution >= 4 is 0 Å². The van der Waals surface area contributed by atoms with Crippen LogP contribution in [-0.4, -0.2) is 12.6 Å². The van der Waals surface area contributed by atoms with Crippen LogP contribution in [0.15, 0.2) is 12.2 Å². The number of allylic oxidation sites excluding steroid dienone is 1. The topological polar surface area (TPSA) is 12.0 Å². The SMILES string of the molecule is CCCCCCC=CC(C)NCC. The van der Waals surface area contributed by atoms with Crippen LogP contribution in [0.25, 0.3) is 0 Å². The van der Waals surface area contributed by atoms with E-state index in [1.165, 1.54) is 32.1 Å². The van der Waals surface area contributed by atoms with E-state index in [1.807, 2.05) is 0 Å². The third-order valence-corrected chi connectivity index (χ3v) is 2.18. The van der Waals surface area contributed by atoms with Gasteiger partial charge in [-0.2, -0.15) is 0 Å². The highest BCUT2D eigenvalue weighted by molar-refractivity contribution is 4.90. The van der Waals surface area contributed by atoms with E-state index in [-0.39, 0.29) is 0 Å². The lowest BCUT2D eigenvalue weighted by atomic mass is 10.1. The Bertz CT molecular complexity index is 118. The van der Waals surface area contributed by atoms with Gasteiger partial charge in [-0.1, -0.05) is 45.3 Å². The van der Waals surface area contributed by atoms with Gasteiger partial charge < -0.3 is 5.32 Å². The summed E-state index contributed by atoms with van der Waals surface area (Å²) in [6.07, 6.45) is 11.3. The zero-order chi connectivity index (χ0) is 9.94. The van der Waals surface area contributed by atoms with Crippen LogP contribution in [0.1, 0.15) is 52.9 Å². The maximum Gasteiger partial charge on any atom is 0.0221 e. The van der Waals surface area contributed by atoms with Crippen molar-refractivity contribution in [1.29, 1.82) is 0 Å². The summed E-state index contributed by atoms with van der Waals surface area (Å²) in [6, 6.07) is 0.538. The molecule has 0 fully saturated rings. The van der Waals surface area contributed by atoms with Crippen molar-refractivity contribution in [3.8, 4) is 0 Å². The van der Waals surface area contributed by atoms with E-state index in [1.54, 1.807) is 0 Å². The van der Waals surface area contributed by atoms with Crippen LogP contribution < -0.4 is 5.32 Å². The molecule has 0 aliphatic heterocycles. The molecule has 13 heavy (non-hydrogen) atoms. The molecule has 1 nitrogen and oxygen atoms in total. The standard InChI is InChI=1S/C12H25N/c1-4-6-7-8-9-10-11-12(3)13-5-2/h10-13H,4-9H2,1-3H3. The normalized spacial score (nSPS) is 13.8. The molecule has 0 saturated carbocycles. The molecule has 1 unspecified atom stereocenters. The van der Waals surface area contributed by atoms with Gasteiger partial charge in [0.15, 0.2) is 0 Å². The molecule has 0 amide bonds. The predicted octanol–water partition coefficient (Wildman–Crippen LogP) is 3.51. The van der Waals surface area contributed by atoms with E-state index in [0.717, 1.165) is 6.54 Å². The third kappa shape index (κ3) is 9.62. The van der Waals surface area contributed by atoms with E-state index in [0.29, 0.717) is 6.04 Å². The van der Waals surface area contributed by atoms with E-state index < -0.39 is 0 Å². The number of rotatable bonds is 8. The van der Waals surface area contributed by atoms with Crippen LogP contribution >= 0.6 is 0 Å². The van der Waals surface area contributed by atoms with Crippen molar-refractivity contribution in [3.05, 3.63) is 12.2 Å². The van der Waals surface area contributed by atoms with Crippen molar-refractivity contribution in [2.24, 2.45) is 0 Å². The van der Waals surface area contributed by atoms with Gasteiger partial charge in [-0.15, -0.1) is 0 Å². The Kier molecular flexibility index (Phi) is 9.56. The summed E-state index contributed by atoms with van der Waals surface area (Å²) in [6.45, 7) is 7.65. The highest BCUT2D eigenvalue weighted by Gasteiger charge is 1.90. The summed E-state index contributed by atoms with van der Waals surface area (Å²) in [5, 5.41) is 3.36. The second kappa shape index (κ2) is 9.79. The zero-order valence-electron chi connectivity index (χ0n) is 9.47. The van der Waals surface area contributed by atoms with Crippen molar-refractivity contribution in [2.45, 2.75) is 58.9 Å². The first-order valence-corrected chi connectivity index (χ1v) is 5.71. The maximum absolute atomic E-state index is 3.36. The van der Waals surface area contributed by atoms with Crippen molar-refractivity contribution in [2.75, 3.05) is 6.54 Å². The molecule has 0 saturated heterocycles. The average molecular weight is 183 g/mol. The molecule has 0 aromatic heterocycles. The fourth-order valence-electron chi connectivity index (χ4n) is 1.38. The molecule has 1 heteroatoms. The number of hydrogen-bond acceptors (Lipinski definition) is 1. The fourth-order valence-corrected chi connectivity index (χ4v) is 1.38. The molecule has 0 aliphatic carbocycles. The monoisotopic (exact) mass is 183 g/mol. The largest absolute Gasteiger partial charge is 0.311 e. The van der Waals surface area contributed by atoms with Crippen molar-refractivity contribution in [1.82, 2.24) is 5.32 Å². The Morgan fingerprint density at radius 2 is 1.92 bits per heavy atom. The highest BCUT2D eigenvalue weighted by Crippen LogP contribution is 2.03. The minimum atomic E-state index is 0.538. The molecule has 0 aromatic carbocycles. The predicted molar refractivity (Wildman–Crippen MR) is 61.0 cm³/mol. The molecule has 0 aliphatic rings. The van der Waals surface area contributed by atoms with Gasteiger partial charge in [0.2, 0.25) is 0 Å². The van der Waals surface area contributed by atoms with Gasteiger partial charge in [0.25, 0.3) is 0 Å². The molecule has 0 spiro atoms. The Hall–Kier alpha value is -0.300. The van der Waals surface area contributed by atoms with Crippen LogP contribution in [0.4, 0.5) is 0 Å². The Labute approximate surface area is 83.6 Å². The van der Waals surface area contributed by atoms with Gasteiger partial charge in [-0.05, 0) is 26.3 Å². The lowest BCUT2D eigenvalue weighted by Crippen LogP contribution is -2.22. The molecule has 78 valence electrons. The quantitative estimate of drug-likeness (QED) is 0.448. The minimum absolute atomic E-state index is 0.538. The van der Waals surface area contributed by atoms with Gasteiger partial charge in [0.05, 0.1) is 0 Å². The molecular formula is C12H25N. The second-order valence-corrected chi connectivity index (χ2v) is 3.62. The number of unbranched alkanes of at least 4 members (excludes halogenated alkanes) is 4.